The summed E-state index contributed by atoms with van der Waals surface area (Å²) in [5.41, 5.74) is -2.25. The Labute approximate surface area is 83.8 Å². The quantitative estimate of drug-likeness (QED) is 0.510. The summed E-state index contributed by atoms with van der Waals surface area (Å²) in [5, 5.41) is -0.881. The third-order valence-corrected chi connectivity index (χ3v) is 2.63. The summed E-state index contributed by atoms with van der Waals surface area (Å²) in [5.74, 6) is 0. The zero-order valence-corrected chi connectivity index (χ0v) is 8.15. The van der Waals surface area contributed by atoms with Gasteiger partial charge in [0.2, 0.25) is 0 Å². The molecule has 0 bridgehead atoms. The molecule has 1 rings (SSSR count). The predicted octanol–water partition coefficient (Wildman–Crippen LogP) is 2.00. The first-order chi connectivity index (χ1) is 6.32. The van der Waals surface area contributed by atoms with Crippen LogP contribution in [-0.4, -0.2) is 42.2 Å². The molecular formula is C7H9ClF3NO2. The molecule has 82 valence electrons. The minimum Gasteiger partial charge on any atom is -0.367 e. The lowest BCUT2D eigenvalue weighted by molar-refractivity contribution is -0.263. The molecule has 1 aliphatic rings. The molecule has 1 aliphatic heterocycles. The van der Waals surface area contributed by atoms with Crippen molar-refractivity contribution >= 4 is 17.0 Å². The highest BCUT2D eigenvalue weighted by Gasteiger charge is 2.59. The number of rotatable bonds is 1. The molecule has 1 atom stereocenters. The first-order valence-electron chi connectivity index (χ1n) is 3.89. The Kier molecular flexibility index (Phi) is 2.96. The van der Waals surface area contributed by atoms with Gasteiger partial charge in [-0.2, -0.15) is 13.2 Å². The van der Waals surface area contributed by atoms with Crippen molar-refractivity contribution in [1.29, 1.82) is 0 Å². The number of hydrogen-bond acceptors (Lipinski definition) is 2. The normalized spacial score (nSPS) is 28.2. The van der Waals surface area contributed by atoms with Crippen LogP contribution in [0.3, 0.4) is 0 Å². The molecule has 0 N–H and O–H groups in total. The van der Waals surface area contributed by atoms with Gasteiger partial charge >= 0.3 is 11.5 Å². The number of hydrogen-bond donors (Lipinski definition) is 0. The summed E-state index contributed by atoms with van der Waals surface area (Å²) in [6.45, 7) is -0.564. The van der Waals surface area contributed by atoms with E-state index in [4.69, 9.17) is 11.6 Å². The monoisotopic (exact) mass is 231 g/mol. The summed E-state index contributed by atoms with van der Waals surface area (Å²) in [4.78, 5) is 11.6. The molecule has 0 saturated carbocycles. The third kappa shape index (κ3) is 1.81. The zero-order valence-electron chi connectivity index (χ0n) is 7.40. The third-order valence-electron chi connectivity index (χ3n) is 2.39. The van der Waals surface area contributed by atoms with Crippen molar-refractivity contribution in [2.75, 3.05) is 20.2 Å². The minimum absolute atomic E-state index is 0.0321. The lowest BCUT2D eigenvalue weighted by Gasteiger charge is -2.29. The molecule has 1 saturated heterocycles. The Balaban J connectivity index is 2.82. The van der Waals surface area contributed by atoms with E-state index in [1.165, 1.54) is 0 Å². The average Bonchev–Trinajstić information content (AvgIpc) is 2.47. The van der Waals surface area contributed by atoms with Crippen LogP contribution in [0.25, 0.3) is 0 Å². The molecule has 1 fully saturated rings. The van der Waals surface area contributed by atoms with E-state index in [1.54, 1.807) is 0 Å². The lowest BCUT2D eigenvalue weighted by Crippen LogP contribution is -2.49. The van der Waals surface area contributed by atoms with Gasteiger partial charge in [-0.1, -0.05) is 0 Å². The van der Waals surface area contributed by atoms with Gasteiger partial charge in [-0.05, 0) is 11.6 Å². The highest BCUT2D eigenvalue weighted by atomic mass is 35.5. The average molecular weight is 232 g/mol. The van der Waals surface area contributed by atoms with E-state index in [0.717, 1.165) is 12.0 Å². The standard InChI is InChI=1S/C7H9ClF3NO2/c1-14-6(7(9,10)11)2-3-12(4-6)5(8)13/h2-4H2,1H3. The fourth-order valence-electron chi connectivity index (χ4n) is 1.45. The number of ether oxygens (including phenoxy) is 1. The van der Waals surface area contributed by atoms with Crippen LogP contribution in [0, 0.1) is 0 Å². The van der Waals surface area contributed by atoms with Crippen LogP contribution in [-0.2, 0) is 4.74 Å². The second-order valence-corrected chi connectivity index (χ2v) is 3.44. The molecule has 0 aromatic carbocycles. The van der Waals surface area contributed by atoms with Crippen molar-refractivity contribution in [1.82, 2.24) is 4.90 Å². The number of amides is 1. The van der Waals surface area contributed by atoms with Gasteiger partial charge in [0, 0.05) is 20.1 Å². The number of carbonyl (C=O) groups excluding carboxylic acids is 1. The van der Waals surface area contributed by atoms with Crippen molar-refractivity contribution in [2.24, 2.45) is 0 Å². The first kappa shape index (κ1) is 11.6. The van der Waals surface area contributed by atoms with Crippen molar-refractivity contribution in [3.8, 4) is 0 Å². The summed E-state index contributed by atoms with van der Waals surface area (Å²) in [7, 11) is 0.982. The number of carbonyl (C=O) groups is 1. The van der Waals surface area contributed by atoms with Crippen molar-refractivity contribution < 1.29 is 22.7 Å². The van der Waals surface area contributed by atoms with Crippen LogP contribution >= 0.6 is 11.6 Å². The van der Waals surface area contributed by atoms with E-state index in [9.17, 15) is 18.0 Å². The van der Waals surface area contributed by atoms with Gasteiger partial charge in [0.1, 0.15) is 0 Å². The van der Waals surface area contributed by atoms with E-state index >= 15 is 0 Å². The van der Waals surface area contributed by atoms with Crippen LogP contribution in [0.4, 0.5) is 18.0 Å². The molecule has 1 amide bonds. The lowest BCUT2D eigenvalue weighted by atomic mass is 10.0. The van der Waals surface area contributed by atoms with E-state index in [1.807, 2.05) is 0 Å². The molecule has 3 nitrogen and oxygen atoms in total. The Hall–Kier alpha value is -0.490. The van der Waals surface area contributed by atoms with Crippen LogP contribution in [0.15, 0.2) is 0 Å². The summed E-state index contributed by atoms with van der Waals surface area (Å²) in [6, 6.07) is 0. The molecule has 0 aliphatic carbocycles. The van der Waals surface area contributed by atoms with Gasteiger partial charge in [0.15, 0.2) is 5.60 Å². The fraction of sp³-hybridized carbons (Fsp3) is 0.857. The van der Waals surface area contributed by atoms with Crippen molar-refractivity contribution in [2.45, 2.75) is 18.2 Å². The second kappa shape index (κ2) is 3.58. The maximum Gasteiger partial charge on any atom is 0.419 e. The molecule has 0 aromatic heterocycles. The van der Waals surface area contributed by atoms with Crippen LogP contribution < -0.4 is 0 Å². The van der Waals surface area contributed by atoms with Crippen LogP contribution in [0.5, 0.6) is 0 Å². The van der Waals surface area contributed by atoms with E-state index in [0.29, 0.717) is 0 Å². The summed E-state index contributed by atoms with van der Waals surface area (Å²) >= 11 is 5.08. The molecule has 1 heterocycles. The Morgan fingerprint density at radius 2 is 2.14 bits per heavy atom. The number of halogens is 4. The number of nitrogens with zero attached hydrogens (tertiary/aromatic N) is 1. The van der Waals surface area contributed by atoms with Gasteiger partial charge < -0.3 is 9.64 Å². The molecule has 0 aromatic rings. The Morgan fingerprint density at radius 1 is 1.57 bits per heavy atom. The van der Waals surface area contributed by atoms with Crippen LogP contribution in [0.2, 0.25) is 0 Å². The highest BCUT2D eigenvalue weighted by Crippen LogP contribution is 2.40. The van der Waals surface area contributed by atoms with Crippen molar-refractivity contribution in [3.63, 3.8) is 0 Å². The summed E-state index contributed by atoms with van der Waals surface area (Å²) < 4.78 is 42.1. The highest BCUT2D eigenvalue weighted by molar-refractivity contribution is 6.62. The number of alkyl halides is 3. The Bertz CT molecular complexity index is 246. The fourth-order valence-corrected chi connectivity index (χ4v) is 1.59. The molecule has 1 unspecified atom stereocenters. The SMILES string of the molecule is COC1(C(F)(F)F)CCN(C(=O)Cl)C1. The largest absolute Gasteiger partial charge is 0.419 e. The molecule has 0 spiro atoms. The van der Waals surface area contributed by atoms with Crippen LogP contribution in [0.1, 0.15) is 6.42 Å². The van der Waals surface area contributed by atoms with E-state index < -0.39 is 23.7 Å². The first-order valence-corrected chi connectivity index (χ1v) is 4.26. The van der Waals surface area contributed by atoms with E-state index in [2.05, 4.69) is 4.74 Å². The maximum atomic E-state index is 12.5. The van der Waals surface area contributed by atoms with Gasteiger partial charge in [0.25, 0.3) is 0 Å². The molecular weight excluding hydrogens is 223 g/mol. The summed E-state index contributed by atoms with van der Waals surface area (Å²) in [6.07, 6.45) is -4.76. The number of likely N-dealkylation sites (tertiary alicyclic amines) is 1. The second-order valence-electron chi connectivity index (χ2n) is 3.12. The van der Waals surface area contributed by atoms with Crippen molar-refractivity contribution in [3.05, 3.63) is 0 Å². The maximum absolute atomic E-state index is 12.5. The molecule has 14 heavy (non-hydrogen) atoms. The predicted molar refractivity (Wildman–Crippen MR) is 43.2 cm³/mol. The minimum atomic E-state index is -4.48. The zero-order chi connectivity index (χ0) is 11.0. The Morgan fingerprint density at radius 3 is 2.36 bits per heavy atom. The topological polar surface area (TPSA) is 29.5 Å². The van der Waals surface area contributed by atoms with Gasteiger partial charge in [0.05, 0.1) is 6.54 Å². The molecule has 0 radical (unpaired) electrons. The van der Waals surface area contributed by atoms with Gasteiger partial charge in [-0.3, -0.25) is 4.79 Å². The van der Waals surface area contributed by atoms with E-state index in [-0.39, 0.29) is 13.0 Å². The smallest absolute Gasteiger partial charge is 0.367 e. The van der Waals surface area contributed by atoms with Gasteiger partial charge in [-0.25, -0.2) is 0 Å². The van der Waals surface area contributed by atoms with Gasteiger partial charge in [-0.15, -0.1) is 0 Å². The number of methoxy groups -OCH3 is 1. The molecule has 7 heteroatoms.